The maximum absolute atomic E-state index is 12.0. The van der Waals surface area contributed by atoms with Crippen LogP contribution in [0.2, 0.25) is 0 Å². The molecule has 1 aliphatic rings. The summed E-state index contributed by atoms with van der Waals surface area (Å²) in [6, 6.07) is 0.0422. The van der Waals surface area contributed by atoms with Crippen molar-refractivity contribution in [2.45, 2.75) is 43.9 Å². The van der Waals surface area contributed by atoms with E-state index >= 15 is 0 Å². The summed E-state index contributed by atoms with van der Waals surface area (Å²) >= 11 is 3.31. The molecular formula is C9H18BrNO2S. The summed E-state index contributed by atoms with van der Waals surface area (Å²) < 4.78 is 25.6. The van der Waals surface area contributed by atoms with Gasteiger partial charge >= 0.3 is 0 Å². The highest BCUT2D eigenvalue weighted by Gasteiger charge is 2.33. The average molecular weight is 284 g/mol. The monoisotopic (exact) mass is 283 g/mol. The van der Waals surface area contributed by atoms with Crippen LogP contribution in [-0.4, -0.2) is 36.4 Å². The van der Waals surface area contributed by atoms with Crippen LogP contribution in [-0.2, 0) is 10.0 Å². The van der Waals surface area contributed by atoms with Crippen molar-refractivity contribution in [3.05, 3.63) is 0 Å². The third-order valence-corrected chi connectivity index (χ3v) is 6.38. The zero-order chi connectivity index (χ0) is 10.8. The largest absolute Gasteiger partial charge is 0.216 e. The number of hydrogen-bond acceptors (Lipinski definition) is 2. The SMILES string of the molecule is CC(CBr)N(C)S(=O)(=O)C1CCCC1. The van der Waals surface area contributed by atoms with Gasteiger partial charge in [0.25, 0.3) is 0 Å². The number of alkyl halides is 1. The van der Waals surface area contributed by atoms with Gasteiger partial charge in [-0.1, -0.05) is 28.8 Å². The maximum Gasteiger partial charge on any atom is 0.216 e. The van der Waals surface area contributed by atoms with Gasteiger partial charge < -0.3 is 0 Å². The van der Waals surface area contributed by atoms with Crippen LogP contribution in [0.1, 0.15) is 32.6 Å². The number of hydrogen-bond donors (Lipinski definition) is 0. The highest BCUT2D eigenvalue weighted by atomic mass is 79.9. The van der Waals surface area contributed by atoms with Crippen LogP contribution >= 0.6 is 15.9 Å². The molecule has 0 aromatic carbocycles. The summed E-state index contributed by atoms with van der Waals surface area (Å²) in [6.45, 7) is 1.92. The van der Waals surface area contributed by atoms with Gasteiger partial charge in [0, 0.05) is 18.4 Å². The van der Waals surface area contributed by atoms with Gasteiger partial charge in [-0.25, -0.2) is 12.7 Å². The fraction of sp³-hybridized carbons (Fsp3) is 1.00. The molecule has 0 aromatic rings. The minimum absolute atomic E-state index is 0.0422. The molecule has 5 heteroatoms. The van der Waals surface area contributed by atoms with Crippen LogP contribution in [0.25, 0.3) is 0 Å². The highest BCUT2D eigenvalue weighted by Crippen LogP contribution is 2.27. The predicted molar refractivity (Wildman–Crippen MR) is 62.2 cm³/mol. The van der Waals surface area contributed by atoms with Gasteiger partial charge in [-0.2, -0.15) is 0 Å². The van der Waals surface area contributed by atoms with Crippen molar-refractivity contribution < 1.29 is 8.42 Å². The van der Waals surface area contributed by atoms with E-state index in [-0.39, 0.29) is 11.3 Å². The van der Waals surface area contributed by atoms with Gasteiger partial charge in [0.15, 0.2) is 0 Å². The van der Waals surface area contributed by atoms with Gasteiger partial charge in [-0.3, -0.25) is 0 Å². The van der Waals surface area contributed by atoms with Gasteiger partial charge in [0.05, 0.1) is 5.25 Å². The first-order valence-electron chi connectivity index (χ1n) is 5.03. The van der Waals surface area contributed by atoms with E-state index in [2.05, 4.69) is 15.9 Å². The molecule has 0 N–H and O–H groups in total. The maximum atomic E-state index is 12.0. The van der Waals surface area contributed by atoms with Crippen molar-refractivity contribution in [2.75, 3.05) is 12.4 Å². The first-order chi connectivity index (χ1) is 6.50. The topological polar surface area (TPSA) is 37.4 Å². The zero-order valence-corrected chi connectivity index (χ0v) is 11.1. The first-order valence-corrected chi connectivity index (χ1v) is 7.65. The molecular weight excluding hydrogens is 266 g/mol. The molecule has 0 radical (unpaired) electrons. The molecule has 0 bridgehead atoms. The lowest BCUT2D eigenvalue weighted by Gasteiger charge is -2.25. The van der Waals surface area contributed by atoms with E-state index in [1.165, 1.54) is 4.31 Å². The molecule has 0 amide bonds. The Labute approximate surface area is 95.0 Å². The molecule has 0 aromatic heterocycles. The number of halogens is 1. The Hall–Kier alpha value is 0.390. The molecule has 1 saturated carbocycles. The molecule has 1 rings (SSSR count). The zero-order valence-electron chi connectivity index (χ0n) is 8.74. The quantitative estimate of drug-likeness (QED) is 0.740. The molecule has 3 nitrogen and oxygen atoms in total. The van der Waals surface area contributed by atoms with E-state index in [0.29, 0.717) is 5.33 Å². The van der Waals surface area contributed by atoms with E-state index < -0.39 is 10.0 Å². The van der Waals surface area contributed by atoms with Crippen LogP contribution in [0.15, 0.2) is 0 Å². The minimum Gasteiger partial charge on any atom is -0.212 e. The van der Waals surface area contributed by atoms with Crippen molar-refractivity contribution in [2.24, 2.45) is 0 Å². The molecule has 0 spiro atoms. The highest BCUT2D eigenvalue weighted by molar-refractivity contribution is 9.09. The van der Waals surface area contributed by atoms with Crippen molar-refractivity contribution in [1.29, 1.82) is 0 Å². The fourth-order valence-corrected chi connectivity index (χ4v) is 4.37. The smallest absolute Gasteiger partial charge is 0.212 e. The van der Waals surface area contributed by atoms with Crippen LogP contribution in [0.5, 0.6) is 0 Å². The van der Waals surface area contributed by atoms with E-state index in [0.717, 1.165) is 25.7 Å². The average Bonchev–Trinajstić information content (AvgIpc) is 2.68. The summed E-state index contributed by atoms with van der Waals surface area (Å²) in [4.78, 5) is 0. The second kappa shape index (κ2) is 4.94. The molecule has 1 unspecified atom stereocenters. The van der Waals surface area contributed by atoms with Crippen molar-refractivity contribution >= 4 is 26.0 Å². The van der Waals surface area contributed by atoms with Crippen LogP contribution in [0.3, 0.4) is 0 Å². The van der Waals surface area contributed by atoms with Crippen LogP contribution in [0.4, 0.5) is 0 Å². The number of sulfonamides is 1. The lowest BCUT2D eigenvalue weighted by Crippen LogP contribution is -2.41. The normalized spacial score (nSPS) is 21.7. The Morgan fingerprint density at radius 2 is 1.93 bits per heavy atom. The predicted octanol–water partition coefficient (Wildman–Crippen LogP) is 1.97. The first kappa shape index (κ1) is 12.5. The van der Waals surface area contributed by atoms with E-state index in [9.17, 15) is 8.42 Å². The van der Waals surface area contributed by atoms with E-state index in [1.807, 2.05) is 6.92 Å². The molecule has 0 saturated heterocycles. The minimum atomic E-state index is -3.05. The standard InChI is InChI=1S/C9H18BrNO2S/c1-8(7-10)11(2)14(12,13)9-5-3-4-6-9/h8-9H,3-7H2,1-2H3. The molecule has 84 valence electrons. The van der Waals surface area contributed by atoms with Crippen molar-refractivity contribution in [1.82, 2.24) is 4.31 Å². The van der Waals surface area contributed by atoms with Gasteiger partial charge in [-0.15, -0.1) is 0 Å². The summed E-state index contributed by atoms with van der Waals surface area (Å²) in [5, 5.41) is 0.559. The van der Waals surface area contributed by atoms with E-state index in [4.69, 9.17) is 0 Å². The Bertz CT molecular complexity index is 273. The fourth-order valence-electron chi connectivity index (χ4n) is 1.77. The Balaban J connectivity index is 2.73. The molecule has 0 heterocycles. The Kier molecular flexibility index (Phi) is 4.40. The number of rotatable bonds is 4. The van der Waals surface area contributed by atoms with Gasteiger partial charge in [-0.05, 0) is 19.8 Å². The summed E-state index contributed by atoms with van der Waals surface area (Å²) in [7, 11) is -1.37. The molecule has 1 aliphatic carbocycles. The molecule has 1 atom stereocenters. The second-order valence-corrected chi connectivity index (χ2v) is 6.89. The van der Waals surface area contributed by atoms with Gasteiger partial charge in [0.1, 0.15) is 0 Å². The summed E-state index contributed by atoms with van der Waals surface area (Å²) in [5.41, 5.74) is 0. The molecule has 0 aliphatic heterocycles. The van der Waals surface area contributed by atoms with Crippen molar-refractivity contribution in [3.63, 3.8) is 0 Å². The van der Waals surface area contributed by atoms with E-state index in [1.54, 1.807) is 7.05 Å². The van der Waals surface area contributed by atoms with Crippen LogP contribution in [0, 0.1) is 0 Å². The van der Waals surface area contributed by atoms with Crippen molar-refractivity contribution in [3.8, 4) is 0 Å². The lowest BCUT2D eigenvalue weighted by atomic mass is 10.4. The van der Waals surface area contributed by atoms with Crippen LogP contribution < -0.4 is 0 Å². The second-order valence-electron chi connectivity index (χ2n) is 3.97. The van der Waals surface area contributed by atoms with Gasteiger partial charge in [0.2, 0.25) is 10.0 Å². The Morgan fingerprint density at radius 1 is 1.43 bits per heavy atom. The summed E-state index contributed by atoms with van der Waals surface area (Å²) in [6.07, 6.45) is 3.78. The summed E-state index contributed by atoms with van der Waals surface area (Å²) in [5.74, 6) is 0. The Morgan fingerprint density at radius 3 is 2.36 bits per heavy atom. The molecule has 14 heavy (non-hydrogen) atoms. The third kappa shape index (κ3) is 2.49. The lowest BCUT2D eigenvalue weighted by molar-refractivity contribution is 0.408. The third-order valence-electron chi connectivity index (χ3n) is 2.97. The molecule has 1 fully saturated rings. The number of nitrogens with zero attached hydrogens (tertiary/aromatic N) is 1.